The van der Waals surface area contributed by atoms with Crippen molar-refractivity contribution >= 4 is 5.91 Å². The van der Waals surface area contributed by atoms with E-state index in [4.69, 9.17) is 5.73 Å². The van der Waals surface area contributed by atoms with Gasteiger partial charge in [0.1, 0.15) is 0 Å². The Morgan fingerprint density at radius 3 is 2.56 bits per heavy atom. The summed E-state index contributed by atoms with van der Waals surface area (Å²) in [7, 11) is 0. The number of amides is 1. The monoisotopic (exact) mass is 248 g/mol. The molecule has 0 aromatic rings. The second-order valence-corrected chi connectivity index (χ2v) is 4.74. The van der Waals surface area contributed by atoms with Crippen LogP contribution in [0.2, 0.25) is 0 Å². The Labute approximate surface area is 110 Å². The number of carbonyl (C=O) groups excluding carboxylic acids is 1. The molecule has 18 heavy (non-hydrogen) atoms. The van der Waals surface area contributed by atoms with E-state index in [0.29, 0.717) is 5.92 Å². The number of hydrogen-bond donors (Lipinski definition) is 1. The number of hydrogen-bond acceptors (Lipinski definition) is 2. The number of nitrogens with zero attached hydrogens (tertiary/aromatic N) is 1. The molecule has 1 aliphatic heterocycles. The second-order valence-electron chi connectivity index (χ2n) is 4.74. The van der Waals surface area contributed by atoms with Crippen LogP contribution in [0.25, 0.3) is 0 Å². The van der Waals surface area contributed by atoms with Crippen molar-refractivity contribution in [2.24, 2.45) is 11.7 Å². The molecule has 0 radical (unpaired) electrons. The molecule has 1 amide bonds. The first kappa shape index (κ1) is 14.6. The van der Waals surface area contributed by atoms with Gasteiger partial charge in [-0.25, -0.2) is 0 Å². The van der Waals surface area contributed by atoms with E-state index in [0.717, 1.165) is 31.6 Å². The van der Waals surface area contributed by atoms with Crippen LogP contribution in [0.4, 0.5) is 0 Å². The second kappa shape index (κ2) is 7.04. The highest BCUT2D eigenvalue weighted by Gasteiger charge is 2.29. The standard InChI is InChI=1S/C15H24N2O/c1-4-6-7-15(16)9-8-13(5-2)14-10-17(11-14)12(3)18/h5,7-9,14H,4,6,10-11,16H2,1-3H3/b9-8-,13-5?,15-7-. The largest absolute Gasteiger partial charge is 0.399 e. The Balaban J connectivity index is 2.50. The van der Waals surface area contributed by atoms with Gasteiger partial charge in [-0.05, 0) is 25.0 Å². The van der Waals surface area contributed by atoms with Gasteiger partial charge in [-0.15, -0.1) is 0 Å². The Hall–Kier alpha value is -1.51. The van der Waals surface area contributed by atoms with E-state index in [2.05, 4.69) is 19.1 Å². The Kier molecular flexibility index (Phi) is 5.69. The van der Waals surface area contributed by atoms with Gasteiger partial charge in [-0.3, -0.25) is 4.79 Å². The van der Waals surface area contributed by atoms with Gasteiger partial charge < -0.3 is 10.6 Å². The third-order valence-electron chi connectivity index (χ3n) is 3.27. The van der Waals surface area contributed by atoms with Crippen molar-refractivity contribution in [3.63, 3.8) is 0 Å². The number of carbonyl (C=O) groups is 1. The van der Waals surface area contributed by atoms with E-state index in [-0.39, 0.29) is 5.91 Å². The Bertz CT molecular complexity index is 374. The van der Waals surface area contributed by atoms with Crippen molar-refractivity contribution in [1.82, 2.24) is 4.90 Å². The third-order valence-corrected chi connectivity index (χ3v) is 3.27. The summed E-state index contributed by atoms with van der Waals surface area (Å²) in [5, 5.41) is 0. The molecule has 100 valence electrons. The van der Waals surface area contributed by atoms with Gasteiger partial charge in [0.2, 0.25) is 5.91 Å². The predicted octanol–water partition coefficient (Wildman–Crippen LogP) is 2.61. The molecule has 3 heteroatoms. The van der Waals surface area contributed by atoms with E-state index in [9.17, 15) is 4.79 Å². The van der Waals surface area contributed by atoms with Gasteiger partial charge in [0.25, 0.3) is 0 Å². The highest BCUT2D eigenvalue weighted by atomic mass is 16.2. The van der Waals surface area contributed by atoms with Crippen LogP contribution in [0, 0.1) is 5.92 Å². The van der Waals surface area contributed by atoms with Gasteiger partial charge in [0.05, 0.1) is 0 Å². The van der Waals surface area contributed by atoms with Crippen LogP contribution in [-0.2, 0) is 4.79 Å². The number of nitrogens with two attached hydrogens (primary N) is 1. The highest BCUT2D eigenvalue weighted by Crippen LogP contribution is 2.24. The summed E-state index contributed by atoms with van der Waals surface area (Å²) in [6.07, 6.45) is 10.3. The molecule has 1 rings (SSSR count). The van der Waals surface area contributed by atoms with E-state index in [1.165, 1.54) is 5.57 Å². The molecule has 3 nitrogen and oxygen atoms in total. The van der Waals surface area contributed by atoms with Crippen LogP contribution in [0.1, 0.15) is 33.6 Å². The molecular weight excluding hydrogens is 224 g/mol. The molecule has 0 unspecified atom stereocenters. The summed E-state index contributed by atoms with van der Waals surface area (Å²) < 4.78 is 0. The molecule has 0 aromatic carbocycles. The zero-order chi connectivity index (χ0) is 13.5. The zero-order valence-corrected chi connectivity index (χ0v) is 11.6. The fraction of sp³-hybridized carbons (Fsp3) is 0.533. The lowest BCUT2D eigenvalue weighted by atomic mass is 9.90. The fourth-order valence-electron chi connectivity index (χ4n) is 1.99. The van der Waals surface area contributed by atoms with Crippen LogP contribution in [0.5, 0.6) is 0 Å². The van der Waals surface area contributed by atoms with Crippen molar-refractivity contribution in [3.05, 3.63) is 35.6 Å². The molecule has 1 heterocycles. The summed E-state index contributed by atoms with van der Waals surface area (Å²) in [4.78, 5) is 13.0. The average Bonchev–Trinajstić information content (AvgIpc) is 2.28. The van der Waals surface area contributed by atoms with Crippen LogP contribution in [0.3, 0.4) is 0 Å². The lowest BCUT2D eigenvalue weighted by Gasteiger charge is -2.39. The molecule has 1 saturated heterocycles. The summed E-state index contributed by atoms with van der Waals surface area (Å²) in [5.74, 6) is 0.627. The van der Waals surface area contributed by atoms with Crippen molar-refractivity contribution < 1.29 is 4.79 Å². The van der Waals surface area contributed by atoms with Gasteiger partial charge in [0.15, 0.2) is 0 Å². The molecular formula is C15H24N2O. The van der Waals surface area contributed by atoms with Crippen LogP contribution < -0.4 is 5.73 Å². The van der Waals surface area contributed by atoms with E-state index >= 15 is 0 Å². The van der Waals surface area contributed by atoms with E-state index in [1.807, 2.05) is 24.0 Å². The minimum atomic E-state index is 0.160. The lowest BCUT2D eigenvalue weighted by molar-refractivity contribution is -0.134. The maximum atomic E-state index is 11.1. The number of likely N-dealkylation sites (tertiary alicyclic amines) is 1. The van der Waals surface area contributed by atoms with Crippen molar-refractivity contribution in [1.29, 1.82) is 0 Å². The molecule has 0 aromatic heterocycles. The number of unbranched alkanes of at least 4 members (excludes halogenated alkanes) is 1. The average molecular weight is 248 g/mol. The van der Waals surface area contributed by atoms with Crippen LogP contribution in [-0.4, -0.2) is 23.9 Å². The van der Waals surface area contributed by atoms with E-state index < -0.39 is 0 Å². The molecule has 1 aliphatic rings. The van der Waals surface area contributed by atoms with Gasteiger partial charge in [0, 0.05) is 31.6 Å². The van der Waals surface area contributed by atoms with Gasteiger partial charge in [-0.2, -0.15) is 0 Å². The minimum Gasteiger partial charge on any atom is -0.399 e. The van der Waals surface area contributed by atoms with Gasteiger partial charge >= 0.3 is 0 Å². The van der Waals surface area contributed by atoms with Gasteiger partial charge in [-0.1, -0.05) is 31.6 Å². The van der Waals surface area contributed by atoms with E-state index in [1.54, 1.807) is 6.92 Å². The summed E-state index contributed by atoms with van der Waals surface area (Å²) in [6, 6.07) is 0. The maximum absolute atomic E-state index is 11.1. The molecule has 1 fully saturated rings. The zero-order valence-electron chi connectivity index (χ0n) is 11.6. The predicted molar refractivity (Wildman–Crippen MR) is 75.8 cm³/mol. The topological polar surface area (TPSA) is 46.3 Å². The Morgan fingerprint density at radius 1 is 1.39 bits per heavy atom. The highest BCUT2D eigenvalue weighted by molar-refractivity contribution is 5.74. The SMILES string of the molecule is CC=C(/C=C\C(N)=C\CCC)C1CN(C(C)=O)C1. The first-order chi connectivity index (χ1) is 8.58. The smallest absolute Gasteiger partial charge is 0.219 e. The molecule has 0 saturated carbocycles. The first-order valence-electron chi connectivity index (χ1n) is 6.63. The lowest BCUT2D eigenvalue weighted by Crippen LogP contribution is -2.49. The van der Waals surface area contributed by atoms with Crippen LogP contribution >= 0.6 is 0 Å². The van der Waals surface area contributed by atoms with Crippen LogP contribution in [0.15, 0.2) is 35.6 Å². The first-order valence-corrected chi connectivity index (χ1v) is 6.63. The summed E-state index contributed by atoms with van der Waals surface area (Å²) >= 11 is 0. The third kappa shape index (κ3) is 4.06. The summed E-state index contributed by atoms with van der Waals surface area (Å²) in [5.41, 5.74) is 7.96. The molecule has 2 N–H and O–H groups in total. The number of rotatable bonds is 5. The molecule has 0 aliphatic carbocycles. The molecule has 0 bridgehead atoms. The quantitative estimate of drug-likeness (QED) is 0.760. The fourth-order valence-corrected chi connectivity index (χ4v) is 1.99. The maximum Gasteiger partial charge on any atom is 0.219 e. The normalized spacial score (nSPS) is 18.3. The van der Waals surface area contributed by atoms with Crippen molar-refractivity contribution in [2.75, 3.05) is 13.1 Å². The van der Waals surface area contributed by atoms with Crippen molar-refractivity contribution in [3.8, 4) is 0 Å². The Morgan fingerprint density at radius 2 is 2.06 bits per heavy atom. The molecule has 0 atom stereocenters. The summed E-state index contributed by atoms with van der Waals surface area (Å²) in [6.45, 7) is 7.44. The molecule has 0 spiro atoms. The van der Waals surface area contributed by atoms with Crippen molar-refractivity contribution in [2.45, 2.75) is 33.6 Å². The minimum absolute atomic E-state index is 0.160. The number of allylic oxidation sites excluding steroid dienone is 4.